The molecule has 0 unspecified atom stereocenters. The second-order valence-electron chi connectivity index (χ2n) is 11.0. The van der Waals surface area contributed by atoms with Crippen LogP contribution in [0.15, 0.2) is 144 Å². The quantitative estimate of drug-likeness (QED) is 0.222. The fourth-order valence-electron chi connectivity index (χ4n) is 7.08. The van der Waals surface area contributed by atoms with Crippen molar-refractivity contribution in [3.63, 3.8) is 0 Å². The fraction of sp³-hybridized carbons (Fsp3) is 0.0526. The lowest BCUT2D eigenvalue weighted by Crippen LogP contribution is -2.19. The van der Waals surface area contributed by atoms with Crippen molar-refractivity contribution < 1.29 is 0 Å². The molecule has 4 nitrogen and oxygen atoms in total. The van der Waals surface area contributed by atoms with E-state index in [1.54, 1.807) is 0 Å². The summed E-state index contributed by atoms with van der Waals surface area (Å²) in [6, 6.07) is 38.7. The Kier molecular flexibility index (Phi) is 4.99. The van der Waals surface area contributed by atoms with Gasteiger partial charge in [0.05, 0.1) is 34.6 Å². The van der Waals surface area contributed by atoms with Crippen LogP contribution in [0.4, 0.5) is 11.4 Å². The van der Waals surface area contributed by atoms with Gasteiger partial charge < -0.3 is 0 Å². The number of pyridine rings is 2. The van der Waals surface area contributed by atoms with E-state index in [-0.39, 0.29) is 11.8 Å². The van der Waals surface area contributed by atoms with Crippen LogP contribution in [-0.4, -0.2) is 21.4 Å². The molecule has 2 aliphatic carbocycles. The fourth-order valence-corrected chi connectivity index (χ4v) is 7.08. The summed E-state index contributed by atoms with van der Waals surface area (Å²) in [5, 5.41) is 0. The van der Waals surface area contributed by atoms with Crippen LogP contribution in [0.5, 0.6) is 0 Å². The maximum atomic E-state index is 5.51. The molecule has 0 N–H and O–H groups in total. The van der Waals surface area contributed by atoms with Gasteiger partial charge in [-0.1, -0.05) is 97.1 Å². The van der Waals surface area contributed by atoms with Crippen LogP contribution in [0, 0.1) is 0 Å². The normalized spacial score (nSPS) is 17.2. The molecule has 6 aromatic rings. The lowest BCUT2D eigenvalue weighted by Gasteiger charge is -2.24. The average Bonchev–Trinajstić information content (AvgIpc) is 3.55. The van der Waals surface area contributed by atoms with Gasteiger partial charge >= 0.3 is 0 Å². The van der Waals surface area contributed by atoms with E-state index in [2.05, 4.69) is 107 Å². The molecule has 3 aliphatic rings. The van der Waals surface area contributed by atoms with Crippen LogP contribution in [-0.2, 0) is 0 Å². The number of nitrogens with zero attached hydrogens (tertiary/aromatic N) is 4. The van der Waals surface area contributed by atoms with Gasteiger partial charge in [0.2, 0.25) is 0 Å². The summed E-state index contributed by atoms with van der Waals surface area (Å²) in [5.74, 6) is -0.0721. The zero-order valence-corrected chi connectivity index (χ0v) is 22.6. The summed E-state index contributed by atoms with van der Waals surface area (Å²) in [7, 11) is 0. The number of aliphatic imine (C=N–C) groups is 2. The van der Waals surface area contributed by atoms with E-state index in [0.29, 0.717) is 0 Å². The summed E-state index contributed by atoms with van der Waals surface area (Å²) in [6.45, 7) is 0. The highest BCUT2D eigenvalue weighted by Gasteiger charge is 2.37. The molecule has 1 aliphatic heterocycles. The number of hydrogen-bond donors (Lipinski definition) is 0. The van der Waals surface area contributed by atoms with Gasteiger partial charge in [0.15, 0.2) is 0 Å². The van der Waals surface area contributed by atoms with Crippen LogP contribution < -0.4 is 0 Å². The number of hydrogen-bond acceptors (Lipinski definition) is 4. The molecule has 9 rings (SSSR count). The van der Waals surface area contributed by atoms with Gasteiger partial charge in [-0.15, -0.1) is 0 Å². The zero-order valence-electron chi connectivity index (χ0n) is 22.6. The van der Waals surface area contributed by atoms with Gasteiger partial charge in [-0.05, 0) is 56.6 Å². The van der Waals surface area contributed by atoms with Gasteiger partial charge in [-0.25, -0.2) is 0 Å². The highest BCUT2D eigenvalue weighted by atomic mass is 14.9. The molecule has 0 bridgehead atoms. The molecule has 0 saturated heterocycles. The van der Waals surface area contributed by atoms with Crippen molar-refractivity contribution in [3.8, 4) is 22.3 Å². The smallest absolute Gasteiger partial charge is 0.0755 e. The summed E-state index contributed by atoms with van der Waals surface area (Å²) in [5.41, 5.74) is 15.6. The third-order valence-electron chi connectivity index (χ3n) is 8.84. The van der Waals surface area contributed by atoms with E-state index in [4.69, 9.17) is 9.98 Å². The monoisotopic (exact) mass is 536 g/mol. The zero-order chi connectivity index (χ0) is 27.6. The van der Waals surface area contributed by atoms with E-state index in [1.165, 1.54) is 44.5 Å². The molecule has 0 saturated carbocycles. The summed E-state index contributed by atoms with van der Waals surface area (Å²) in [4.78, 5) is 20.2. The topological polar surface area (TPSA) is 50.5 Å². The molecule has 42 heavy (non-hydrogen) atoms. The number of rotatable bonds is 2. The number of aromatic nitrogens is 2. The van der Waals surface area contributed by atoms with Crippen LogP contribution in [0.2, 0.25) is 0 Å². The predicted octanol–water partition coefficient (Wildman–Crippen LogP) is 8.66. The van der Waals surface area contributed by atoms with E-state index in [0.717, 1.165) is 33.9 Å². The van der Waals surface area contributed by atoms with Crippen molar-refractivity contribution in [2.24, 2.45) is 9.98 Å². The first-order chi connectivity index (χ1) is 20.9. The molecule has 196 valence electrons. The van der Waals surface area contributed by atoms with Gasteiger partial charge in [-0.3, -0.25) is 20.0 Å². The minimum atomic E-state index is -0.0361. The lowest BCUT2D eigenvalue weighted by atomic mass is 9.85. The van der Waals surface area contributed by atoms with Crippen LogP contribution in [0.1, 0.15) is 45.2 Å². The van der Waals surface area contributed by atoms with Gasteiger partial charge in [0.25, 0.3) is 0 Å². The molecular weight excluding hydrogens is 512 g/mol. The summed E-state index contributed by atoms with van der Waals surface area (Å²) < 4.78 is 0. The Balaban J connectivity index is 1.32. The Morgan fingerprint density at radius 3 is 1.05 bits per heavy atom. The van der Waals surface area contributed by atoms with Gasteiger partial charge in [0.1, 0.15) is 0 Å². The average molecular weight is 537 g/mol. The molecule has 0 atom stereocenters. The largest absolute Gasteiger partial charge is 0.264 e. The molecule has 2 aromatic heterocycles. The lowest BCUT2D eigenvalue weighted by molar-refractivity contribution is 1.09. The Hall–Kier alpha value is -5.48. The third kappa shape index (κ3) is 3.29. The molecule has 0 fully saturated rings. The van der Waals surface area contributed by atoms with Crippen LogP contribution in [0.3, 0.4) is 0 Å². The summed E-state index contributed by atoms with van der Waals surface area (Å²) in [6.07, 6.45) is 7.52. The van der Waals surface area contributed by atoms with Crippen molar-refractivity contribution in [3.05, 3.63) is 167 Å². The van der Waals surface area contributed by atoms with Crippen molar-refractivity contribution in [1.82, 2.24) is 9.97 Å². The van der Waals surface area contributed by atoms with Crippen molar-refractivity contribution in [2.75, 3.05) is 0 Å². The second kappa shape index (κ2) is 9.02. The molecule has 4 heteroatoms. The van der Waals surface area contributed by atoms with Crippen molar-refractivity contribution in [2.45, 2.75) is 11.8 Å². The van der Waals surface area contributed by atoms with Gasteiger partial charge in [0, 0.05) is 35.9 Å². The van der Waals surface area contributed by atoms with E-state index in [1.807, 2.05) is 36.9 Å². The first-order valence-electron chi connectivity index (χ1n) is 14.3. The molecular formula is C38H24N4. The van der Waals surface area contributed by atoms with E-state index in [9.17, 15) is 0 Å². The standard InChI is InChI=1S/C38H24N4/c1-5-13-27-23(9-1)24-10-2-6-14-28(24)35(27)37-31-21-39-19-17-33(31)42-38(32-22-40-20-18-34(32)41-37)36-29-15-7-3-11-25(29)26-12-4-8-16-30(26)36/h1-22,35-36H/b37-31?,38-32?,41-34?,41-37+,42-33?,42-38+. The molecule has 3 heterocycles. The van der Waals surface area contributed by atoms with E-state index >= 15 is 0 Å². The van der Waals surface area contributed by atoms with Crippen LogP contribution >= 0.6 is 0 Å². The van der Waals surface area contributed by atoms with Gasteiger partial charge in [-0.2, -0.15) is 0 Å². The minimum Gasteiger partial charge on any atom is -0.264 e. The minimum absolute atomic E-state index is 0.0361. The Morgan fingerprint density at radius 2 is 0.690 bits per heavy atom. The third-order valence-corrected chi connectivity index (χ3v) is 8.84. The highest BCUT2D eigenvalue weighted by molar-refractivity contribution is 6.19. The molecule has 0 radical (unpaired) electrons. The van der Waals surface area contributed by atoms with Crippen molar-refractivity contribution >= 4 is 22.8 Å². The summed E-state index contributed by atoms with van der Waals surface area (Å²) >= 11 is 0. The predicted molar refractivity (Wildman–Crippen MR) is 168 cm³/mol. The Bertz CT molecular complexity index is 1880. The van der Waals surface area contributed by atoms with E-state index < -0.39 is 0 Å². The maximum absolute atomic E-state index is 5.51. The molecule has 0 amide bonds. The molecule has 4 aromatic carbocycles. The number of benzene rings is 4. The Morgan fingerprint density at radius 1 is 0.357 bits per heavy atom. The number of fused-ring (bicyclic) bond motifs is 8. The second-order valence-corrected chi connectivity index (χ2v) is 11.0. The molecule has 0 spiro atoms. The first kappa shape index (κ1) is 23.2. The SMILES string of the molecule is c1ccc2c(c1)-c1ccccc1C2/C1=N/c2ccncc2/C(C2c3ccccc3-c3ccccc32)=N\c2ccncc21. The Labute approximate surface area is 243 Å². The highest BCUT2D eigenvalue weighted by Crippen LogP contribution is 2.50. The first-order valence-corrected chi connectivity index (χ1v) is 14.3. The van der Waals surface area contributed by atoms with Crippen LogP contribution in [0.25, 0.3) is 22.3 Å². The van der Waals surface area contributed by atoms with Crippen molar-refractivity contribution in [1.29, 1.82) is 0 Å². The maximum Gasteiger partial charge on any atom is 0.0755 e.